The summed E-state index contributed by atoms with van der Waals surface area (Å²) in [6.45, 7) is 5.12. The maximum Gasteiger partial charge on any atom is 0.194 e. The standard InChI is InChI=1S/C22H30N4O2/c1-23-22(24-16-18-8-10-19(11-9-18)17-27-2)26-14-12-25(13-15-26)20-6-4-5-7-21(20)28-3/h4-11H,12-17H2,1-3H3,(H,23,24). The van der Waals surface area contributed by atoms with Gasteiger partial charge in [-0.2, -0.15) is 0 Å². The van der Waals surface area contributed by atoms with Gasteiger partial charge in [0.25, 0.3) is 0 Å². The second kappa shape index (κ2) is 9.99. The molecule has 2 aromatic carbocycles. The van der Waals surface area contributed by atoms with E-state index in [1.165, 1.54) is 11.1 Å². The Morgan fingerprint density at radius 2 is 1.64 bits per heavy atom. The number of hydrogen-bond donors (Lipinski definition) is 1. The maximum atomic E-state index is 5.51. The molecule has 0 aromatic heterocycles. The summed E-state index contributed by atoms with van der Waals surface area (Å²) in [5.74, 6) is 1.87. The van der Waals surface area contributed by atoms with Crippen LogP contribution in [0.15, 0.2) is 53.5 Å². The molecule has 1 aliphatic rings. The summed E-state index contributed by atoms with van der Waals surface area (Å²) in [5, 5.41) is 3.49. The van der Waals surface area contributed by atoms with Crippen LogP contribution < -0.4 is 15.0 Å². The van der Waals surface area contributed by atoms with Gasteiger partial charge in [0.15, 0.2) is 5.96 Å². The summed E-state index contributed by atoms with van der Waals surface area (Å²) < 4.78 is 10.7. The van der Waals surface area contributed by atoms with Crippen molar-refractivity contribution in [3.8, 4) is 5.75 Å². The van der Waals surface area contributed by atoms with Gasteiger partial charge in [0, 0.05) is 46.9 Å². The number of nitrogens with one attached hydrogen (secondary N) is 1. The number of aliphatic imine (C=N–C) groups is 1. The molecule has 150 valence electrons. The van der Waals surface area contributed by atoms with Crippen molar-refractivity contribution in [3.05, 3.63) is 59.7 Å². The molecule has 0 aliphatic carbocycles. The lowest BCUT2D eigenvalue weighted by Crippen LogP contribution is -2.52. The minimum absolute atomic E-state index is 0.645. The van der Waals surface area contributed by atoms with E-state index >= 15 is 0 Å². The van der Waals surface area contributed by atoms with Gasteiger partial charge in [0.2, 0.25) is 0 Å². The highest BCUT2D eigenvalue weighted by Gasteiger charge is 2.21. The van der Waals surface area contributed by atoms with E-state index < -0.39 is 0 Å². The summed E-state index contributed by atoms with van der Waals surface area (Å²) in [5.41, 5.74) is 3.57. The quantitative estimate of drug-likeness (QED) is 0.615. The van der Waals surface area contributed by atoms with Crippen molar-refractivity contribution in [1.29, 1.82) is 0 Å². The monoisotopic (exact) mass is 382 g/mol. The molecule has 0 bridgehead atoms. The van der Waals surface area contributed by atoms with Gasteiger partial charge in [-0.15, -0.1) is 0 Å². The molecule has 6 heteroatoms. The van der Waals surface area contributed by atoms with Crippen molar-refractivity contribution < 1.29 is 9.47 Å². The van der Waals surface area contributed by atoms with E-state index in [0.29, 0.717) is 6.61 Å². The van der Waals surface area contributed by atoms with Crippen molar-refractivity contribution in [3.63, 3.8) is 0 Å². The van der Waals surface area contributed by atoms with Crippen LogP contribution in [0.1, 0.15) is 11.1 Å². The number of para-hydroxylation sites is 2. The Kier molecular flexibility index (Phi) is 7.14. The summed E-state index contributed by atoms with van der Waals surface area (Å²) in [7, 11) is 5.28. The number of nitrogens with zero attached hydrogens (tertiary/aromatic N) is 3. The molecule has 1 N–H and O–H groups in total. The van der Waals surface area contributed by atoms with Crippen LogP contribution in [0, 0.1) is 0 Å². The molecular formula is C22H30N4O2. The van der Waals surface area contributed by atoms with E-state index in [9.17, 15) is 0 Å². The zero-order chi connectivity index (χ0) is 19.8. The first-order valence-electron chi connectivity index (χ1n) is 9.65. The predicted molar refractivity (Wildman–Crippen MR) is 114 cm³/mol. The smallest absolute Gasteiger partial charge is 0.194 e. The van der Waals surface area contributed by atoms with Crippen LogP contribution in [-0.2, 0) is 17.9 Å². The Bertz CT molecular complexity index is 768. The van der Waals surface area contributed by atoms with E-state index in [4.69, 9.17) is 9.47 Å². The fourth-order valence-corrected chi connectivity index (χ4v) is 3.48. The fraction of sp³-hybridized carbons (Fsp3) is 0.409. The molecule has 0 unspecified atom stereocenters. The number of guanidine groups is 1. The lowest BCUT2D eigenvalue weighted by Gasteiger charge is -2.38. The summed E-state index contributed by atoms with van der Waals surface area (Å²) >= 11 is 0. The first-order chi connectivity index (χ1) is 13.7. The fourth-order valence-electron chi connectivity index (χ4n) is 3.48. The molecule has 3 rings (SSSR count). The van der Waals surface area contributed by atoms with Crippen LogP contribution in [-0.4, -0.2) is 58.3 Å². The Morgan fingerprint density at radius 3 is 2.29 bits per heavy atom. The molecule has 1 fully saturated rings. The molecule has 0 saturated carbocycles. The van der Waals surface area contributed by atoms with Crippen LogP contribution in [0.3, 0.4) is 0 Å². The van der Waals surface area contributed by atoms with Crippen molar-refractivity contribution in [1.82, 2.24) is 10.2 Å². The average Bonchev–Trinajstić information content (AvgIpc) is 2.76. The number of methoxy groups -OCH3 is 2. The summed E-state index contributed by atoms with van der Waals surface area (Å²) in [6, 6.07) is 16.7. The highest BCUT2D eigenvalue weighted by atomic mass is 16.5. The number of ether oxygens (including phenoxy) is 2. The zero-order valence-corrected chi connectivity index (χ0v) is 17.0. The van der Waals surface area contributed by atoms with Gasteiger partial charge >= 0.3 is 0 Å². The Labute approximate surface area is 167 Å². The largest absolute Gasteiger partial charge is 0.495 e. The van der Waals surface area contributed by atoms with E-state index in [-0.39, 0.29) is 0 Å². The first-order valence-corrected chi connectivity index (χ1v) is 9.65. The molecule has 1 heterocycles. The number of hydrogen-bond acceptors (Lipinski definition) is 4. The van der Waals surface area contributed by atoms with Crippen LogP contribution in [0.2, 0.25) is 0 Å². The number of piperazine rings is 1. The molecule has 1 saturated heterocycles. The minimum Gasteiger partial charge on any atom is -0.495 e. The van der Waals surface area contributed by atoms with Crippen LogP contribution in [0.4, 0.5) is 5.69 Å². The Morgan fingerprint density at radius 1 is 0.964 bits per heavy atom. The van der Waals surface area contributed by atoms with Crippen LogP contribution in [0.5, 0.6) is 5.75 Å². The lowest BCUT2D eigenvalue weighted by atomic mass is 10.1. The molecule has 2 aromatic rings. The van der Waals surface area contributed by atoms with Gasteiger partial charge in [-0.3, -0.25) is 4.99 Å². The van der Waals surface area contributed by atoms with Gasteiger partial charge < -0.3 is 24.6 Å². The summed E-state index contributed by atoms with van der Waals surface area (Å²) in [4.78, 5) is 9.16. The third-order valence-corrected chi connectivity index (χ3v) is 5.00. The van der Waals surface area contributed by atoms with Gasteiger partial charge in [-0.1, -0.05) is 36.4 Å². The van der Waals surface area contributed by atoms with E-state index in [1.807, 2.05) is 19.2 Å². The topological polar surface area (TPSA) is 49.3 Å². The Hall–Kier alpha value is -2.73. The SMILES string of the molecule is CN=C(NCc1ccc(COC)cc1)N1CCN(c2ccccc2OC)CC1. The first kappa shape index (κ1) is 20.0. The molecule has 0 atom stereocenters. The summed E-state index contributed by atoms with van der Waals surface area (Å²) in [6.07, 6.45) is 0. The molecular weight excluding hydrogens is 352 g/mol. The molecule has 0 spiro atoms. The third kappa shape index (κ3) is 4.95. The average molecular weight is 383 g/mol. The van der Waals surface area contributed by atoms with Gasteiger partial charge in [0.1, 0.15) is 5.75 Å². The van der Waals surface area contributed by atoms with E-state index in [1.54, 1.807) is 14.2 Å². The van der Waals surface area contributed by atoms with Crippen LogP contribution in [0.25, 0.3) is 0 Å². The highest BCUT2D eigenvalue weighted by molar-refractivity contribution is 5.80. The third-order valence-electron chi connectivity index (χ3n) is 5.00. The van der Waals surface area contributed by atoms with E-state index in [0.717, 1.165) is 50.1 Å². The normalized spacial score (nSPS) is 14.9. The molecule has 0 radical (unpaired) electrons. The number of rotatable bonds is 6. The van der Waals surface area contributed by atoms with E-state index in [2.05, 4.69) is 56.5 Å². The van der Waals surface area contributed by atoms with Crippen LogP contribution >= 0.6 is 0 Å². The van der Waals surface area contributed by atoms with Gasteiger partial charge in [0.05, 0.1) is 19.4 Å². The molecule has 28 heavy (non-hydrogen) atoms. The minimum atomic E-state index is 0.645. The second-order valence-corrected chi connectivity index (χ2v) is 6.80. The van der Waals surface area contributed by atoms with Gasteiger partial charge in [-0.25, -0.2) is 0 Å². The predicted octanol–water partition coefficient (Wildman–Crippen LogP) is 2.74. The highest BCUT2D eigenvalue weighted by Crippen LogP contribution is 2.28. The maximum absolute atomic E-state index is 5.51. The van der Waals surface area contributed by atoms with Crippen molar-refractivity contribution >= 4 is 11.6 Å². The number of anilines is 1. The lowest BCUT2D eigenvalue weighted by molar-refractivity contribution is 0.185. The van der Waals surface area contributed by atoms with Crippen molar-refractivity contribution in [2.24, 2.45) is 4.99 Å². The van der Waals surface area contributed by atoms with Crippen molar-refractivity contribution in [2.45, 2.75) is 13.2 Å². The molecule has 1 aliphatic heterocycles. The van der Waals surface area contributed by atoms with Crippen molar-refractivity contribution in [2.75, 3.05) is 52.3 Å². The molecule has 0 amide bonds. The Balaban J connectivity index is 1.53. The zero-order valence-electron chi connectivity index (χ0n) is 17.0. The molecule has 6 nitrogen and oxygen atoms in total. The number of benzene rings is 2. The van der Waals surface area contributed by atoms with Gasteiger partial charge in [-0.05, 0) is 23.3 Å². The second-order valence-electron chi connectivity index (χ2n) is 6.80.